The number of carbonyl (C=O) groups excluding carboxylic acids is 2. The number of para-hydroxylation sites is 2. The van der Waals surface area contributed by atoms with Crippen LogP contribution in [-0.2, 0) is 13.1 Å². The summed E-state index contributed by atoms with van der Waals surface area (Å²) in [4.78, 5) is 38.3. The summed E-state index contributed by atoms with van der Waals surface area (Å²) in [6, 6.07) is 20.5. The molecule has 3 aromatic heterocycles. The summed E-state index contributed by atoms with van der Waals surface area (Å²) in [6.45, 7) is 0.599. The molecule has 0 saturated heterocycles. The van der Waals surface area contributed by atoms with Crippen molar-refractivity contribution >= 4 is 54.9 Å². The number of benzene rings is 2. The van der Waals surface area contributed by atoms with Gasteiger partial charge >= 0.3 is 0 Å². The molecule has 9 heteroatoms. The smallest absolute Gasteiger partial charge is 0.270 e. The van der Waals surface area contributed by atoms with Gasteiger partial charge < -0.3 is 10.6 Å². The molecule has 0 saturated carbocycles. The Morgan fingerprint density at radius 2 is 1.09 bits per heavy atom. The lowest BCUT2D eigenvalue weighted by molar-refractivity contribution is 0.0941. The van der Waals surface area contributed by atoms with E-state index in [9.17, 15) is 9.59 Å². The molecule has 0 bridgehead atoms. The molecule has 0 aliphatic heterocycles. The second-order valence-corrected chi connectivity index (χ2v) is 9.15. The van der Waals surface area contributed by atoms with Crippen LogP contribution in [0.15, 0.2) is 66.7 Å². The maximum absolute atomic E-state index is 12.5. The number of carbonyl (C=O) groups is 2. The van der Waals surface area contributed by atoms with Crippen molar-refractivity contribution in [2.45, 2.75) is 13.1 Å². The molecule has 0 atom stereocenters. The molecule has 0 fully saturated rings. The summed E-state index contributed by atoms with van der Waals surface area (Å²) in [5.74, 6) is -0.713. The summed E-state index contributed by atoms with van der Waals surface area (Å²) in [5, 5.41) is 7.26. The Labute approximate surface area is 191 Å². The molecule has 7 nitrogen and oxygen atoms in total. The van der Waals surface area contributed by atoms with Crippen molar-refractivity contribution in [1.82, 2.24) is 25.6 Å². The molecule has 2 N–H and O–H groups in total. The van der Waals surface area contributed by atoms with Crippen LogP contribution in [0.3, 0.4) is 0 Å². The van der Waals surface area contributed by atoms with Crippen molar-refractivity contribution in [2.24, 2.45) is 0 Å². The van der Waals surface area contributed by atoms with Gasteiger partial charge in [0.05, 0.1) is 33.5 Å². The van der Waals surface area contributed by atoms with Gasteiger partial charge in [-0.1, -0.05) is 30.3 Å². The first-order valence-electron chi connectivity index (χ1n) is 9.88. The summed E-state index contributed by atoms with van der Waals surface area (Å²) in [6.07, 6.45) is 0. The van der Waals surface area contributed by atoms with Gasteiger partial charge in [-0.15, -0.1) is 22.7 Å². The molecular weight excluding hydrogens is 442 g/mol. The van der Waals surface area contributed by atoms with Crippen molar-refractivity contribution in [3.8, 4) is 0 Å². The van der Waals surface area contributed by atoms with E-state index in [1.165, 1.54) is 22.7 Å². The minimum absolute atomic E-state index is 0.179. The van der Waals surface area contributed by atoms with E-state index in [0.29, 0.717) is 13.1 Å². The Bertz CT molecular complexity index is 1270. The van der Waals surface area contributed by atoms with E-state index >= 15 is 0 Å². The van der Waals surface area contributed by atoms with Gasteiger partial charge in [0.25, 0.3) is 11.8 Å². The third kappa shape index (κ3) is 4.34. The fourth-order valence-electron chi connectivity index (χ4n) is 3.17. The average molecular weight is 460 g/mol. The summed E-state index contributed by atoms with van der Waals surface area (Å²) >= 11 is 3.07. The van der Waals surface area contributed by atoms with E-state index in [2.05, 4.69) is 25.6 Å². The molecule has 0 spiro atoms. The Balaban J connectivity index is 1.21. The normalized spacial score (nSPS) is 11.0. The molecule has 2 amide bonds. The maximum atomic E-state index is 12.5. The number of amides is 2. The third-order valence-corrected chi connectivity index (χ3v) is 6.76. The standard InChI is InChI=1S/C23H17N5O2S2/c29-22(24-12-20-27-14-6-1-3-10-18(14)31-20)16-8-5-9-17(26-16)23(30)25-13-21-28-15-7-2-4-11-19(15)32-21/h1-11H,12-13H2,(H,24,29)(H,25,30). The minimum Gasteiger partial charge on any atom is -0.344 e. The molecule has 2 aromatic carbocycles. The van der Waals surface area contributed by atoms with Crippen molar-refractivity contribution in [3.05, 3.63) is 88.1 Å². The molecule has 3 heterocycles. The molecule has 0 radical (unpaired) electrons. The lowest BCUT2D eigenvalue weighted by atomic mass is 10.2. The van der Waals surface area contributed by atoms with Crippen LogP contribution in [0.2, 0.25) is 0 Å². The number of hydrogen-bond donors (Lipinski definition) is 2. The van der Waals surface area contributed by atoms with Crippen molar-refractivity contribution in [1.29, 1.82) is 0 Å². The molecule has 0 unspecified atom stereocenters. The number of aromatic nitrogens is 3. The molecule has 5 aromatic rings. The van der Waals surface area contributed by atoms with Crippen LogP contribution in [0.1, 0.15) is 31.0 Å². The van der Waals surface area contributed by atoms with Crippen LogP contribution in [-0.4, -0.2) is 26.8 Å². The van der Waals surface area contributed by atoms with E-state index in [1.807, 2.05) is 48.5 Å². The number of rotatable bonds is 6. The third-order valence-electron chi connectivity index (χ3n) is 4.69. The van der Waals surface area contributed by atoms with Crippen LogP contribution in [0.5, 0.6) is 0 Å². The molecular formula is C23H17N5O2S2. The number of thiazole rings is 2. The van der Waals surface area contributed by atoms with Crippen LogP contribution < -0.4 is 10.6 Å². The first kappa shape index (κ1) is 20.2. The highest BCUT2D eigenvalue weighted by Crippen LogP contribution is 2.22. The number of fused-ring (bicyclic) bond motifs is 2. The zero-order valence-corrected chi connectivity index (χ0v) is 18.4. The first-order valence-corrected chi connectivity index (χ1v) is 11.5. The molecule has 32 heavy (non-hydrogen) atoms. The Morgan fingerprint density at radius 3 is 1.56 bits per heavy atom. The number of nitrogens with zero attached hydrogens (tertiary/aromatic N) is 3. The Morgan fingerprint density at radius 1 is 0.625 bits per heavy atom. The second-order valence-electron chi connectivity index (χ2n) is 6.92. The fourth-order valence-corrected chi connectivity index (χ4v) is 4.99. The zero-order valence-electron chi connectivity index (χ0n) is 16.7. The van der Waals surface area contributed by atoms with E-state index in [1.54, 1.807) is 18.2 Å². The lowest BCUT2D eigenvalue weighted by Gasteiger charge is -2.06. The van der Waals surface area contributed by atoms with Crippen LogP contribution in [0.4, 0.5) is 0 Å². The van der Waals surface area contributed by atoms with Crippen molar-refractivity contribution in [2.75, 3.05) is 0 Å². The van der Waals surface area contributed by atoms with Gasteiger partial charge in [-0.05, 0) is 36.4 Å². The van der Waals surface area contributed by atoms with Gasteiger partial charge in [0, 0.05) is 0 Å². The predicted molar refractivity (Wildman–Crippen MR) is 126 cm³/mol. The summed E-state index contributed by atoms with van der Waals surface area (Å²) in [5.41, 5.74) is 2.18. The van der Waals surface area contributed by atoms with Gasteiger partial charge in [0.15, 0.2) is 0 Å². The molecule has 0 aliphatic rings. The number of hydrogen-bond acceptors (Lipinski definition) is 7. The van der Waals surface area contributed by atoms with E-state index in [-0.39, 0.29) is 23.2 Å². The van der Waals surface area contributed by atoms with E-state index in [4.69, 9.17) is 0 Å². The van der Waals surface area contributed by atoms with Gasteiger partial charge in [0.1, 0.15) is 21.4 Å². The van der Waals surface area contributed by atoms with Crippen LogP contribution in [0.25, 0.3) is 20.4 Å². The second kappa shape index (κ2) is 8.81. The number of pyridine rings is 1. The largest absolute Gasteiger partial charge is 0.344 e. The summed E-state index contributed by atoms with van der Waals surface area (Å²) in [7, 11) is 0. The van der Waals surface area contributed by atoms with E-state index < -0.39 is 0 Å². The minimum atomic E-state index is -0.356. The number of nitrogens with one attached hydrogen (secondary N) is 2. The van der Waals surface area contributed by atoms with Gasteiger partial charge in [0.2, 0.25) is 0 Å². The maximum Gasteiger partial charge on any atom is 0.270 e. The highest BCUT2D eigenvalue weighted by molar-refractivity contribution is 7.18. The van der Waals surface area contributed by atoms with Crippen molar-refractivity contribution in [3.63, 3.8) is 0 Å². The van der Waals surface area contributed by atoms with Gasteiger partial charge in [-0.25, -0.2) is 15.0 Å². The molecule has 5 rings (SSSR count). The monoisotopic (exact) mass is 459 g/mol. The zero-order chi connectivity index (χ0) is 21.9. The van der Waals surface area contributed by atoms with Crippen molar-refractivity contribution < 1.29 is 9.59 Å². The first-order chi connectivity index (χ1) is 15.7. The molecule has 0 aliphatic carbocycles. The highest BCUT2D eigenvalue weighted by atomic mass is 32.1. The van der Waals surface area contributed by atoms with Crippen LogP contribution >= 0.6 is 22.7 Å². The Hall–Kier alpha value is -3.69. The van der Waals surface area contributed by atoms with Gasteiger partial charge in [-0.2, -0.15) is 0 Å². The average Bonchev–Trinajstić information content (AvgIpc) is 3.44. The summed E-state index contributed by atoms with van der Waals surface area (Å²) < 4.78 is 2.14. The Kier molecular flexibility index (Phi) is 5.57. The van der Waals surface area contributed by atoms with Crippen LogP contribution in [0, 0.1) is 0 Å². The topological polar surface area (TPSA) is 96.9 Å². The fraction of sp³-hybridized carbons (Fsp3) is 0.0870. The lowest BCUT2D eigenvalue weighted by Crippen LogP contribution is -2.27. The highest BCUT2D eigenvalue weighted by Gasteiger charge is 2.14. The van der Waals surface area contributed by atoms with E-state index in [0.717, 1.165) is 30.4 Å². The molecule has 158 valence electrons. The SMILES string of the molecule is O=C(NCc1nc2ccccc2s1)c1cccc(C(=O)NCc2nc3ccccc3s2)n1. The van der Waals surface area contributed by atoms with Gasteiger partial charge in [-0.3, -0.25) is 9.59 Å². The quantitative estimate of drug-likeness (QED) is 0.397. The predicted octanol–water partition coefficient (Wildman–Crippen LogP) is 4.16.